The van der Waals surface area contributed by atoms with Crippen molar-refractivity contribution in [1.82, 2.24) is 9.13 Å². The Morgan fingerprint density at radius 3 is 2.15 bits per heavy atom. The molecule has 7 heteroatoms. The zero-order valence-electron chi connectivity index (χ0n) is 6.80. The standard InChI is InChI=1S/C6H7ClN2O2S.Au/c1-8-4(10)3(7)5(12)9(2)6(8)11;/h12H,1-2H3;/q;+1/p-1. The Labute approximate surface area is 100 Å². The molecule has 13 heavy (non-hydrogen) atoms. The maximum atomic E-state index is 11.2. The molecule has 1 rings (SSSR count). The summed E-state index contributed by atoms with van der Waals surface area (Å²) in [7, 11) is 2.82. The van der Waals surface area contributed by atoms with E-state index in [0.29, 0.717) is 0 Å². The molecule has 0 amide bonds. The molecule has 0 bridgehead atoms. The molecule has 0 aliphatic carbocycles. The van der Waals surface area contributed by atoms with Crippen molar-refractivity contribution in [3.05, 3.63) is 25.9 Å². The van der Waals surface area contributed by atoms with Gasteiger partial charge in [-0.25, -0.2) is 4.79 Å². The van der Waals surface area contributed by atoms with Crippen LogP contribution in [0.15, 0.2) is 14.6 Å². The Kier molecular flexibility index (Phi) is 4.41. The fourth-order valence-electron chi connectivity index (χ4n) is 0.785. The molecule has 0 fully saturated rings. The van der Waals surface area contributed by atoms with Gasteiger partial charge in [0.2, 0.25) is 0 Å². The predicted octanol–water partition coefficient (Wildman–Crippen LogP) is -0.359. The third-order valence-corrected chi connectivity index (χ3v) is 2.49. The van der Waals surface area contributed by atoms with E-state index in [-0.39, 0.29) is 32.4 Å². The second-order valence-corrected chi connectivity index (χ2v) is 3.09. The van der Waals surface area contributed by atoms with Crippen LogP contribution >= 0.6 is 11.6 Å². The van der Waals surface area contributed by atoms with Gasteiger partial charge >= 0.3 is 28.1 Å². The third-order valence-electron chi connectivity index (χ3n) is 1.56. The van der Waals surface area contributed by atoms with Crippen LogP contribution in [-0.2, 0) is 49.1 Å². The van der Waals surface area contributed by atoms with Crippen molar-refractivity contribution >= 4 is 24.2 Å². The number of aromatic nitrogens is 2. The summed E-state index contributed by atoms with van der Waals surface area (Å²) < 4.78 is 2.07. The molecule has 4 nitrogen and oxygen atoms in total. The van der Waals surface area contributed by atoms with Crippen molar-refractivity contribution in [2.24, 2.45) is 14.1 Å². The average molecular weight is 403 g/mol. The number of hydrogen-bond acceptors (Lipinski definition) is 3. The maximum Gasteiger partial charge on any atom is 1.00 e. The van der Waals surface area contributed by atoms with E-state index in [1.54, 1.807) is 0 Å². The molecule has 0 aliphatic heterocycles. The molecule has 0 spiro atoms. The summed E-state index contributed by atoms with van der Waals surface area (Å²) in [5.41, 5.74) is -1.01. The third kappa shape index (κ3) is 2.05. The molecule has 0 saturated heterocycles. The largest absolute Gasteiger partial charge is 1.00 e. The Balaban J connectivity index is 0.00000144. The van der Waals surface area contributed by atoms with Gasteiger partial charge in [0.05, 0.1) is 0 Å². The van der Waals surface area contributed by atoms with Crippen molar-refractivity contribution in [3.8, 4) is 0 Å². The first-order valence-corrected chi connectivity index (χ1v) is 3.88. The SMILES string of the molecule is Cn1c([S-])c(Cl)c(=O)n(C)c1=O.[Au+]. The predicted molar refractivity (Wildman–Crippen MR) is 47.6 cm³/mol. The van der Waals surface area contributed by atoms with E-state index in [1.807, 2.05) is 0 Å². The molecule has 0 saturated carbocycles. The van der Waals surface area contributed by atoms with E-state index in [9.17, 15) is 9.59 Å². The number of hydrogen-bond donors (Lipinski definition) is 0. The van der Waals surface area contributed by atoms with Gasteiger partial charge in [0.25, 0.3) is 5.56 Å². The van der Waals surface area contributed by atoms with Crippen LogP contribution < -0.4 is 11.2 Å². The summed E-state index contributed by atoms with van der Waals surface area (Å²) in [6.07, 6.45) is 0. The van der Waals surface area contributed by atoms with Crippen LogP contribution in [0.1, 0.15) is 0 Å². The summed E-state index contributed by atoms with van der Waals surface area (Å²) in [5.74, 6) is 0. The van der Waals surface area contributed by atoms with Gasteiger partial charge in [0.15, 0.2) is 0 Å². The van der Waals surface area contributed by atoms with Crippen molar-refractivity contribution < 1.29 is 22.4 Å². The maximum absolute atomic E-state index is 11.2. The molecule has 0 unspecified atom stereocenters. The van der Waals surface area contributed by atoms with Crippen molar-refractivity contribution in [2.75, 3.05) is 0 Å². The Morgan fingerprint density at radius 2 is 1.69 bits per heavy atom. The van der Waals surface area contributed by atoms with Crippen LogP contribution in [0.5, 0.6) is 0 Å². The molecule has 0 N–H and O–H groups in total. The fraction of sp³-hybridized carbons (Fsp3) is 0.333. The van der Waals surface area contributed by atoms with E-state index in [0.717, 1.165) is 9.13 Å². The van der Waals surface area contributed by atoms with Gasteiger partial charge in [0, 0.05) is 14.1 Å². The molecule has 0 atom stereocenters. The molecular formula is C6H6AuClN2O2S. The summed E-state index contributed by atoms with van der Waals surface area (Å²) in [4.78, 5) is 22.3. The fourth-order valence-corrected chi connectivity index (χ4v) is 1.20. The summed E-state index contributed by atoms with van der Waals surface area (Å²) >= 11 is 10.3. The molecular weight excluding hydrogens is 397 g/mol. The van der Waals surface area contributed by atoms with Gasteiger partial charge < -0.3 is 17.2 Å². The van der Waals surface area contributed by atoms with Crippen molar-refractivity contribution in [3.63, 3.8) is 0 Å². The van der Waals surface area contributed by atoms with Gasteiger partial charge in [-0.3, -0.25) is 9.36 Å². The van der Waals surface area contributed by atoms with Crippen molar-refractivity contribution in [1.29, 1.82) is 0 Å². The molecule has 1 heterocycles. The van der Waals surface area contributed by atoms with Crippen LogP contribution in [0.3, 0.4) is 0 Å². The number of rotatable bonds is 0. The second-order valence-electron chi connectivity index (χ2n) is 2.32. The molecule has 1 aromatic heterocycles. The molecule has 76 valence electrons. The topological polar surface area (TPSA) is 44.0 Å². The van der Waals surface area contributed by atoms with Crippen LogP contribution in [0, 0.1) is 0 Å². The van der Waals surface area contributed by atoms with E-state index in [2.05, 4.69) is 0 Å². The van der Waals surface area contributed by atoms with Crippen LogP contribution in [-0.4, -0.2) is 9.13 Å². The monoisotopic (exact) mass is 402 g/mol. The smallest absolute Gasteiger partial charge is 0.760 e. The first-order chi connectivity index (χ1) is 5.46. The van der Waals surface area contributed by atoms with Gasteiger partial charge in [0.1, 0.15) is 5.02 Å². The van der Waals surface area contributed by atoms with E-state index >= 15 is 0 Å². The normalized spacial score (nSPS) is 9.46. The number of halogens is 1. The minimum Gasteiger partial charge on any atom is -0.760 e. The Morgan fingerprint density at radius 1 is 1.23 bits per heavy atom. The number of nitrogens with zero attached hydrogens (tertiary/aromatic N) is 2. The molecule has 1 aromatic rings. The van der Waals surface area contributed by atoms with Crippen LogP contribution in [0.25, 0.3) is 0 Å². The van der Waals surface area contributed by atoms with Gasteiger partial charge in [-0.05, 0) is 0 Å². The van der Waals surface area contributed by atoms with E-state index in [4.69, 9.17) is 24.2 Å². The minimum absolute atomic E-state index is 0. The Bertz CT molecular complexity index is 402. The molecule has 0 radical (unpaired) electrons. The quantitative estimate of drug-likeness (QED) is 0.338. The summed E-state index contributed by atoms with van der Waals surface area (Å²) in [6, 6.07) is 0. The van der Waals surface area contributed by atoms with Crippen LogP contribution in [0.4, 0.5) is 0 Å². The summed E-state index contributed by atoms with van der Waals surface area (Å²) in [6.45, 7) is 0. The first-order valence-electron chi connectivity index (χ1n) is 3.09. The van der Waals surface area contributed by atoms with Crippen LogP contribution in [0.2, 0.25) is 5.02 Å². The van der Waals surface area contributed by atoms with Crippen molar-refractivity contribution in [2.45, 2.75) is 5.03 Å². The zero-order valence-corrected chi connectivity index (χ0v) is 10.5. The minimum atomic E-state index is -0.551. The van der Waals surface area contributed by atoms with Gasteiger partial charge in [-0.1, -0.05) is 16.6 Å². The second kappa shape index (κ2) is 4.43. The van der Waals surface area contributed by atoms with Gasteiger partial charge in [-0.2, -0.15) is 0 Å². The first kappa shape index (κ1) is 12.9. The zero-order chi connectivity index (χ0) is 9.46. The average Bonchev–Trinajstić information content (AvgIpc) is 2.08. The van der Waals surface area contributed by atoms with E-state index < -0.39 is 11.2 Å². The molecule has 0 aliphatic rings. The summed E-state index contributed by atoms with van der Waals surface area (Å²) in [5, 5.41) is -0.0145. The molecule has 0 aromatic carbocycles. The van der Waals surface area contributed by atoms with E-state index in [1.165, 1.54) is 14.1 Å². The Hall–Kier alpha value is -0.0697. The van der Waals surface area contributed by atoms with Gasteiger partial charge in [-0.15, -0.1) is 0 Å².